The molecule has 0 heterocycles. The van der Waals surface area contributed by atoms with Crippen LogP contribution in [0.3, 0.4) is 0 Å². The second kappa shape index (κ2) is 6.03. The van der Waals surface area contributed by atoms with Crippen molar-refractivity contribution in [2.45, 2.75) is 18.7 Å². The molecule has 0 amide bonds. The zero-order valence-corrected chi connectivity index (χ0v) is 11.5. The van der Waals surface area contributed by atoms with Gasteiger partial charge in [-0.1, -0.05) is 13.5 Å². The van der Waals surface area contributed by atoms with Crippen LogP contribution < -0.4 is 4.74 Å². The highest BCUT2D eigenvalue weighted by atomic mass is 19.4. The molecule has 21 heavy (non-hydrogen) atoms. The van der Waals surface area contributed by atoms with Crippen molar-refractivity contribution in [2.24, 2.45) is 5.92 Å². The number of aliphatic hydroxyl groups excluding tert-OH is 1. The van der Waals surface area contributed by atoms with Crippen LogP contribution in [-0.2, 0) is 0 Å². The van der Waals surface area contributed by atoms with Crippen LogP contribution in [-0.4, -0.2) is 35.7 Å². The second-order valence-corrected chi connectivity index (χ2v) is 4.67. The van der Waals surface area contributed by atoms with Gasteiger partial charge in [0.15, 0.2) is 5.60 Å². The minimum Gasteiger partial charge on any atom is -0.496 e. The molecule has 0 saturated heterocycles. The van der Waals surface area contributed by atoms with Gasteiger partial charge in [-0.2, -0.15) is 13.2 Å². The normalized spacial score (nSPS) is 16.2. The Hall–Kier alpha value is -1.60. The van der Waals surface area contributed by atoms with Crippen molar-refractivity contribution in [2.75, 3.05) is 13.7 Å². The van der Waals surface area contributed by atoms with Crippen LogP contribution in [0, 0.1) is 11.7 Å². The fourth-order valence-corrected chi connectivity index (χ4v) is 1.92. The van der Waals surface area contributed by atoms with Crippen molar-refractivity contribution in [1.82, 2.24) is 0 Å². The summed E-state index contributed by atoms with van der Waals surface area (Å²) in [5, 5.41) is 18.7. The van der Waals surface area contributed by atoms with Crippen LogP contribution in [0.1, 0.15) is 12.5 Å². The minimum absolute atomic E-state index is 0.00526. The fourth-order valence-electron chi connectivity index (χ4n) is 1.92. The van der Waals surface area contributed by atoms with Gasteiger partial charge >= 0.3 is 6.18 Å². The number of alkyl halides is 3. The number of rotatable bonds is 5. The molecule has 2 unspecified atom stereocenters. The average molecular weight is 308 g/mol. The molecule has 0 aliphatic rings. The van der Waals surface area contributed by atoms with Gasteiger partial charge in [0.1, 0.15) is 11.6 Å². The van der Waals surface area contributed by atoms with E-state index in [1.807, 2.05) is 0 Å². The maximum absolute atomic E-state index is 13.1. The zero-order valence-electron chi connectivity index (χ0n) is 11.5. The van der Waals surface area contributed by atoms with Crippen molar-refractivity contribution in [3.8, 4) is 5.75 Å². The molecular weight excluding hydrogens is 292 g/mol. The van der Waals surface area contributed by atoms with Crippen molar-refractivity contribution in [3.63, 3.8) is 0 Å². The number of hydrogen-bond donors (Lipinski definition) is 2. The van der Waals surface area contributed by atoms with E-state index in [2.05, 4.69) is 6.58 Å². The Labute approximate surface area is 119 Å². The summed E-state index contributed by atoms with van der Waals surface area (Å²) in [6.07, 6.45) is -5.04. The standard InChI is InChI=1S/C14H16F4O3/c1-8(9(2)13(20,7-19)14(16,17)18)11-5-4-10(15)6-12(11)21-3/h4-6,9,19-20H,1,7H2,2-3H3. The Morgan fingerprint density at radius 1 is 1.38 bits per heavy atom. The Bertz CT molecular complexity index is 527. The summed E-state index contributed by atoms with van der Waals surface area (Å²) in [4.78, 5) is 0. The summed E-state index contributed by atoms with van der Waals surface area (Å²) in [5.74, 6) is -2.18. The molecule has 0 aliphatic carbocycles. The van der Waals surface area contributed by atoms with E-state index >= 15 is 0 Å². The maximum atomic E-state index is 13.1. The molecule has 0 spiro atoms. The Kier molecular flexibility index (Phi) is 5.01. The first kappa shape index (κ1) is 17.5. The topological polar surface area (TPSA) is 49.7 Å². The first-order valence-corrected chi connectivity index (χ1v) is 6.01. The first-order chi connectivity index (χ1) is 9.58. The van der Waals surface area contributed by atoms with E-state index in [0.717, 1.165) is 19.1 Å². The predicted octanol–water partition coefficient (Wildman–Crippen LogP) is 2.77. The van der Waals surface area contributed by atoms with Crippen molar-refractivity contribution < 1.29 is 32.5 Å². The third-order valence-corrected chi connectivity index (χ3v) is 3.48. The highest BCUT2D eigenvalue weighted by Crippen LogP contribution is 2.43. The van der Waals surface area contributed by atoms with E-state index in [4.69, 9.17) is 9.84 Å². The van der Waals surface area contributed by atoms with Gasteiger partial charge in [-0.05, 0) is 17.7 Å². The highest BCUT2D eigenvalue weighted by Gasteiger charge is 2.57. The van der Waals surface area contributed by atoms with E-state index in [1.54, 1.807) is 0 Å². The Morgan fingerprint density at radius 3 is 2.38 bits per heavy atom. The number of benzene rings is 1. The van der Waals surface area contributed by atoms with E-state index < -0.39 is 30.1 Å². The van der Waals surface area contributed by atoms with E-state index in [9.17, 15) is 22.7 Å². The van der Waals surface area contributed by atoms with Crippen LogP contribution in [0.5, 0.6) is 5.75 Å². The quantitative estimate of drug-likeness (QED) is 0.822. The van der Waals surface area contributed by atoms with Gasteiger partial charge < -0.3 is 14.9 Å². The molecule has 1 aromatic carbocycles. The second-order valence-electron chi connectivity index (χ2n) is 4.67. The van der Waals surface area contributed by atoms with E-state index in [1.165, 1.54) is 13.2 Å². The van der Waals surface area contributed by atoms with E-state index in [-0.39, 0.29) is 16.9 Å². The average Bonchev–Trinajstić information content (AvgIpc) is 2.43. The monoisotopic (exact) mass is 308 g/mol. The molecule has 7 heteroatoms. The molecule has 2 N–H and O–H groups in total. The fraction of sp³-hybridized carbons (Fsp3) is 0.429. The molecule has 0 aliphatic heterocycles. The largest absolute Gasteiger partial charge is 0.496 e. The number of methoxy groups -OCH3 is 1. The summed E-state index contributed by atoms with van der Waals surface area (Å²) in [5.41, 5.74) is -3.34. The lowest BCUT2D eigenvalue weighted by Crippen LogP contribution is -2.53. The Morgan fingerprint density at radius 2 is 1.95 bits per heavy atom. The number of hydrogen-bond acceptors (Lipinski definition) is 3. The molecule has 0 saturated carbocycles. The lowest BCUT2D eigenvalue weighted by atomic mass is 9.80. The van der Waals surface area contributed by atoms with Crippen molar-refractivity contribution in [1.29, 1.82) is 0 Å². The minimum atomic E-state index is -5.04. The molecule has 118 valence electrons. The van der Waals surface area contributed by atoms with Crippen LogP contribution in [0.25, 0.3) is 5.57 Å². The number of halogens is 4. The van der Waals surface area contributed by atoms with Gasteiger partial charge in [-0.3, -0.25) is 0 Å². The van der Waals surface area contributed by atoms with Crippen molar-refractivity contribution >= 4 is 5.57 Å². The smallest absolute Gasteiger partial charge is 0.420 e. The molecule has 0 bridgehead atoms. The van der Waals surface area contributed by atoms with Crippen LogP contribution >= 0.6 is 0 Å². The van der Waals surface area contributed by atoms with E-state index in [0.29, 0.717) is 0 Å². The third-order valence-electron chi connectivity index (χ3n) is 3.48. The lowest BCUT2D eigenvalue weighted by Gasteiger charge is -2.35. The predicted molar refractivity (Wildman–Crippen MR) is 69.2 cm³/mol. The zero-order chi connectivity index (χ0) is 16.4. The van der Waals surface area contributed by atoms with Gasteiger partial charge in [0, 0.05) is 17.5 Å². The first-order valence-electron chi connectivity index (χ1n) is 6.01. The van der Waals surface area contributed by atoms with Gasteiger partial charge in [-0.25, -0.2) is 4.39 Å². The van der Waals surface area contributed by atoms with Crippen LogP contribution in [0.4, 0.5) is 17.6 Å². The lowest BCUT2D eigenvalue weighted by molar-refractivity contribution is -0.281. The molecule has 0 aromatic heterocycles. The maximum Gasteiger partial charge on any atom is 0.420 e. The Balaban J connectivity index is 3.25. The summed E-state index contributed by atoms with van der Waals surface area (Å²) in [6, 6.07) is 3.25. The van der Waals surface area contributed by atoms with Gasteiger partial charge in [-0.15, -0.1) is 0 Å². The SMILES string of the molecule is C=C(c1ccc(F)cc1OC)C(C)C(O)(CO)C(F)(F)F. The number of aliphatic hydroxyl groups is 2. The number of ether oxygens (including phenoxy) is 1. The van der Waals surface area contributed by atoms with Gasteiger partial charge in [0.2, 0.25) is 0 Å². The van der Waals surface area contributed by atoms with Crippen molar-refractivity contribution in [3.05, 3.63) is 36.2 Å². The van der Waals surface area contributed by atoms with Crippen LogP contribution in [0.2, 0.25) is 0 Å². The molecule has 1 rings (SSSR count). The molecule has 3 nitrogen and oxygen atoms in total. The molecule has 1 aromatic rings. The van der Waals surface area contributed by atoms with Gasteiger partial charge in [0.25, 0.3) is 0 Å². The molecule has 2 atom stereocenters. The van der Waals surface area contributed by atoms with Crippen LogP contribution in [0.15, 0.2) is 24.8 Å². The van der Waals surface area contributed by atoms with Gasteiger partial charge in [0.05, 0.1) is 13.7 Å². The highest BCUT2D eigenvalue weighted by molar-refractivity contribution is 5.71. The molecular formula is C14H16F4O3. The summed E-state index contributed by atoms with van der Waals surface area (Å²) in [6.45, 7) is 3.08. The third kappa shape index (κ3) is 3.19. The summed E-state index contributed by atoms with van der Waals surface area (Å²) in [7, 11) is 1.23. The summed E-state index contributed by atoms with van der Waals surface area (Å²) < 4.78 is 56.8. The molecule has 0 fully saturated rings. The summed E-state index contributed by atoms with van der Waals surface area (Å²) >= 11 is 0. The molecule has 0 radical (unpaired) electrons.